The van der Waals surface area contributed by atoms with Gasteiger partial charge in [0.15, 0.2) is 0 Å². The summed E-state index contributed by atoms with van der Waals surface area (Å²) in [5.41, 5.74) is 6.11. The van der Waals surface area contributed by atoms with Gasteiger partial charge < -0.3 is 14.6 Å². The Bertz CT molecular complexity index is 717. The topological polar surface area (TPSA) is 55.8 Å². The number of ether oxygens (including phenoxy) is 2. The third kappa shape index (κ3) is 8.55. The van der Waals surface area contributed by atoms with Crippen molar-refractivity contribution in [2.24, 2.45) is 0 Å². The standard InChI is InChI=1S/C25H36O4/c1-18(2)8-5-9-19(3)10-6-11-20(4)12-7-13-21-14-15-23(28-17-21)22-16-24(26)29-25(22)27/h8,10,12,14,16,23,25,27H,5-7,9,11,13,15,17H2,1-4H3. The number of allylic oxidation sites excluding steroid dienone is 6. The molecule has 0 saturated carbocycles. The van der Waals surface area contributed by atoms with Gasteiger partial charge in [0.2, 0.25) is 6.29 Å². The summed E-state index contributed by atoms with van der Waals surface area (Å²) in [4.78, 5) is 11.2. The van der Waals surface area contributed by atoms with E-state index < -0.39 is 12.3 Å². The summed E-state index contributed by atoms with van der Waals surface area (Å²) in [6.45, 7) is 9.28. The van der Waals surface area contributed by atoms with Crippen LogP contribution in [-0.4, -0.2) is 30.1 Å². The molecule has 0 fully saturated rings. The largest absolute Gasteiger partial charge is 0.429 e. The van der Waals surface area contributed by atoms with Gasteiger partial charge in [-0.05, 0) is 78.2 Å². The van der Waals surface area contributed by atoms with Crippen LogP contribution in [0.4, 0.5) is 0 Å². The smallest absolute Gasteiger partial charge is 0.333 e. The van der Waals surface area contributed by atoms with E-state index in [9.17, 15) is 9.90 Å². The molecule has 0 aliphatic carbocycles. The molecule has 160 valence electrons. The van der Waals surface area contributed by atoms with Crippen molar-refractivity contribution in [3.05, 3.63) is 58.2 Å². The van der Waals surface area contributed by atoms with Gasteiger partial charge in [-0.1, -0.05) is 41.0 Å². The van der Waals surface area contributed by atoms with Crippen LogP contribution in [0.15, 0.2) is 58.2 Å². The molecule has 0 saturated heterocycles. The first kappa shape index (κ1) is 23.4. The van der Waals surface area contributed by atoms with E-state index in [4.69, 9.17) is 9.47 Å². The van der Waals surface area contributed by atoms with Crippen LogP contribution in [-0.2, 0) is 14.3 Å². The first-order chi connectivity index (χ1) is 13.8. The molecule has 0 aromatic rings. The van der Waals surface area contributed by atoms with Gasteiger partial charge in [0.05, 0.1) is 12.7 Å². The molecule has 29 heavy (non-hydrogen) atoms. The van der Waals surface area contributed by atoms with E-state index in [-0.39, 0.29) is 6.10 Å². The third-order valence-corrected chi connectivity index (χ3v) is 5.34. The number of aliphatic hydroxyl groups excluding tert-OH is 1. The first-order valence-corrected chi connectivity index (χ1v) is 10.7. The predicted octanol–water partition coefficient (Wildman–Crippen LogP) is 5.70. The Labute approximate surface area is 175 Å². The number of hydrogen-bond donors (Lipinski definition) is 1. The number of carbonyl (C=O) groups is 1. The molecule has 0 aromatic heterocycles. The summed E-state index contributed by atoms with van der Waals surface area (Å²) < 4.78 is 10.6. The maximum atomic E-state index is 11.2. The van der Waals surface area contributed by atoms with Gasteiger partial charge in [-0.25, -0.2) is 4.79 Å². The molecule has 1 N–H and O–H groups in total. The van der Waals surface area contributed by atoms with E-state index in [2.05, 4.69) is 52.0 Å². The van der Waals surface area contributed by atoms with E-state index in [0.29, 0.717) is 18.6 Å². The molecule has 0 bridgehead atoms. The lowest BCUT2D eigenvalue weighted by molar-refractivity contribution is -0.152. The quantitative estimate of drug-likeness (QED) is 0.377. The van der Waals surface area contributed by atoms with Gasteiger partial charge in [0, 0.05) is 11.6 Å². The Morgan fingerprint density at radius 1 is 1.07 bits per heavy atom. The normalized spacial score (nSPS) is 22.9. The van der Waals surface area contributed by atoms with Crippen LogP contribution in [0.2, 0.25) is 0 Å². The van der Waals surface area contributed by atoms with Crippen molar-refractivity contribution in [2.75, 3.05) is 6.61 Å². The second-order valence-corrected chi connectivity index (χ2v) is 8.33. The number of aliphatic hydroxyl groups is 1. The average molecular weight is 401 g/mol. The zero-order chi connectivity index (χ0) is 21.2. The van der Waals surface area contributed by atoms with E-state index in [1.807, 2.05) is 0 Å². The highest BCUT2D eigenvalue weighted by Crippen LogP contribution is 2.27. The molecule has 0 spiro atoms. The van der Waals surface area contributed by atoms with Gasteiger partial charge >= 0.3 is 5.97 Å². The van der Waals surface area contributed by atoms with Crippen molar-refractivity contribution in [1.29, 1.82) is 0 Å². The van der Waals surface area contributed by atoms with Gasteiger partial charge in [0.1, 0.15) is 0 Å². The summed E-state index contributed by atoms with van der Waals surface area (Å²) in [7, 11) is 0. The van der Waals surface area contributed by atoms with Crippen molar-refractivity contribution >= 4 is 5.97 Å². The Kier molecular flexibility index (Phi) is 9.62. The van der Waals surface area contributed by atoms with Crippen molar-refractivity contribution < 1.29 is 19.4 Å². The maximum Gasteiger partial charge on any atom is 0.333 e. The van der Waals surface area contributed by atoms with Crippen LogP contribution in [0.25, 0.3) is 0 Å². The highest BCUT2D eigenvalue weighted by atomic mass is 16.6. The van der Waals surface area contributed by atoms with Crippen molar-refractivity contribution in [3.63, 3.8) is 0 Å². The SMILES string of the molecule is CC(C)=CCCC(C)=CCCC(C)=CCCC1=CCC(C2=CC(=O)OC2O)OC1. The second kappa shape index (κ2) is 11.9. The molecule has 0 aromatic carbocycles. The molecule has 0 radical (unpaired) electrons. The third-order valence-electron chi connectivity index (χ3n) is 5.34. The second-order valence-electron chi connectivity index (χ2n) is 8.33. The van der Waals surface area contributed by atoms with Crippen molar-refractivity contribution in [3.8, 4) is 0 Å². The first-order valence-electron chi connectivity index (χ1n) is 10.7. The molecule has 2 unspecified atom stereocenters. The molecular formula is C25H36O4. The van der Waals surface area contributed by atoms with Gasteiger partial charge in [-0.2, -0.15) is 0 Å². The fraction of sp³-hybridized carbons (Fsp3) is 0.560. The maximum absolute atomic E-state index is 11.2. The molecule has 2 atom stereocenters. The molecule has 4 nitrogen and oxygen atoms in total. The van der Waals surface area contributed by atoms with E-state index in [1.54, 1.807) is 0 Å². The molecule has 2 rings (SSSR count). The zero-order valence-corrected chi connectivity index (χ0v) is 18.4. The van der Waals surface area contributed by atoms with Gasteiger partial charge in [0.25, 0.3) is 0 Å². The van der Waals surface area contributed by atoms with E-state index in [0.717, 1.165) is 38.5 Å². The lowest BCUT2D eigenvalue weighted by atomic mass is 9.99. The van der Waals surface area contributed by atoms with Gasteiger partial charge in [-0.3, -0.25) is 0 Å². The zero-order valence-electron chi connectivity index (χ0n) is 18.4. The minimum absolute atomic E-state index is 0.260. The molecular weight excluding hydrogens is 364 g/mol. The summed E-state index contributed by atoms with van der Waals surface area (Å²) in [6.07, 6.45) is 16.3. The Balaban J connectivity index is 1.67. The highest BCUT2D eigenvalue weighted by molar-refractivity contribution is 5.85. The average Bonchev–Trinajstić information content (AvgIpc) is 3.00. The minimum Gasteiger partial charge on any atom is -0.429 e. The predicted molar refractivity (Wildman–Crippen MR) is 117 cm³/mol. The Hall–Kier alpha value is -1.91. The van der Waals surface area contributed by atoms with Crippen LogP contribution in [0, 0.1) is 0 Å². The van der Waals surface area contributed by atoms with E-state index in [1.165, 1.54) is 28.4 Å². The summed E-state index contributed by atoms with van der Waals surface area (Å²) in [6, 6.07) is 0. The van der Waals surface area contributed by atoms with Crippen LogP contribution in [0.1, 0.15) is 72.6 Å². The van der Waals surface area contributed by atoms with E-state index >= 15 is 0 Å². The number of hydrogen-bond acceptors (Lipinski definition) is 4. The highest BCUT2D eigenvalue weighted by Gasteiger charge is 2.31. The van der Waals surface area contributed by atoms with Crippen LogP contribution < -0.4 is 0 Å². The molecule has 2 aliphatic heterocycles. The molecule has 4 heteroatoms. The van der Waals surface area contributed by atoms with Crippen LogP contribution >= 0.6 is 0 Å². The molecule has 2 aliphatic rings. The Morgan fingerprint density at radius 2 is 1.72 bits per heavy atom. The molecule has 2 heterocycles. The monoisotopic (exact) mass is 400 g/mol. The van der Waals surface area contributed by atoms with Crippen molar-refractivity contribution in [1.82, 2.24) is 0 Å². The summed E-state index contributed by atoms with van der Waals surface area (Å²) in [5.74, 6) is -0.496. The summed E-state index contributed by atoms with van der Waals surface area (Å²) in [5, 5.41) is 9.72. The number of rotatable bonds is 10. The molecule has 0 amide bonds. The fourth-order valence-corrected chi connectivity index (χ4v) is 3.53. The van der Waals surface area contributed by atoms with Crippen LogP contribution in [0.3, 0.4) is 0 Å². The number of esters is 1. The summed E-state index contributed by atoms with van der Waals surface area (Å²) >= 11 is 0. The van der Waals surface area contributed by atoms with Crippen LogP contribution in [0.5, 0.6) is 0 Å². The lowest BCUT2D eigenvalue weighted by Crippen LogP contribution is -2.26. The Morgan fingerprint density at radius 3 is 2.28 bits per heavy atom. The number of carbonyl (C=O) groups excluding carboxylic acids is 1. The lowest BCUT2D eigenvalue weighted by Gasteiger charge is -2.24. The number of cyclic esters (lactones) is 1. The van der Waals surface area contributed by atoms with Crippen molar-refractivity contribution in [2.45, 2.75) is 85.0 Å². The van der Waals surface area contributed by atoms with Gasteiger partial charge in [-0.15, -0.1) is 0 Å². The minimum atomic E-state index is -1.15. The fourth-order valence-electron chi connectivity index (χ4n) is 3.53.